The van der Waals surface area contributed by atoms with Gasteiger partial charge in [0.15, 0.2) is 0 Å². The number of hydrogen-bond donors (Lipinski definition) is 1. The molecule has 0 spiro atoms. The van der Waals surface area contributed by atoms with E-state index in [0.29, 0.717) is 5.71 Å². The van der Waals surface area contributed by atoms with E-state index >= 15 is 0 Å². The minimum Gasteiger partial charge on any atom is -0.497 e. The summed E-state index contributed by atoms with van der Waals surface area (Å²) in [6.45, 7) is 1.71. The Bertz CT molecular complexity index is 771. The normalized spacial score (nSPS) is 11.0. The highest BCUT2D eigenvalue weighted by molar-refractivity contribution is 6.06. The zero-order valence-electron chi connectivity index (χ0n) is 15.2. The Labute approximate surface area is 153 Å². The number of hydrazone groups is 1. The second-order valence-electron chi connectivity index (χ2n) is 5.87. The first-order chi connectivity index (χ1) is 12.5. The predicted molar refractivity (Wildman–Crippen MR) is 102 cm³/mol. The quantitative estimate of drug-likeness (QED) is 0.615. The van der Waals surface area contributed by atoms with Gasteiger partial charge in [-0.3, -0.25) is 9.59 Å². The standard InChI is InChI=1S/C20H23N3O3/c1-15(13-20(25)23(2)17-7-5-4-6-8-17)21-22-19(24)14-16-9-11-18(26-3)12-10-16/h4-12H,13-14H2,1-3H3,(H,22,24)/b21-15+. The molecule has 2 aromatic carbocycles. The molecular formula is C20H23N3O3. The van der Waals surface area contributed by atoms with Crippen LogP contribution in [-0.2, 0) is 16.0 Å². The van der Waals surface area contributed by atoms with Crippen molar-refractivity contribution in [2.45, 2.75) is 19.8 Å². The SMILES string of the molecule is COc1ccc(CC(=O)N/N=C(\C)CC(=O)N(C)c2ccccc2)cc1. The number of hydrogen-bond acceptors (Lipinski definition) is 4. The molecule has 0 saturated heterocycles. The summed E-state index contributed by atoms with van der Waals surface area (Å²) in [4.78, 5) is 25.8. The molecular weight excluding hydrogens is 330 g/mol. The molecule has 0 saturated carbocycles. The minimum atomic E-state index is -0.238. The highest BCUT2D eigenvalue weighted by Crippen LogP contribution is 2.13. The van der Waals surface area contributed by atoms with Crippen LogP contribution in [0.25, 0.3) is 0 Å². The van der Waals surface area contributed by atoms with E-state index < -0.39 is 0 Å². The van der Waals surface area contributed by atoms with Gasteiger partial charge in [-0.2, -0.15) is 5.10 Å². The van der Waals surface area contributed by atoms with E-state index in [1.807, 2.05) is 42.5 Å². The summed E-state index contributed by atoms with van der Waals surface area (Å²) < 4.78 is 5.08. The summed E-state index contributed by atoms with van der Waals surface area (Å²) in [6, 6.07) is 16.6. The van der Waals surface area contributed by atoms with E-state index in [9.17, 15) is 9.59 Å². The molecule has 0 fully saturated rings. The van der Waals surface area contributed by atoms with E-state index in [4.69, 9.17) is 4.74 Å². The van der Waals surface area contributed by atoms with E-state index in [-0.39, 0.29) is 24.7 Å². The Morgan fingerprint density at radius 2 is 1.73 bits per heavy atom. The van der Waals surface area contributed by atoms with Crippen LogP contribution in [0.4, 0.5) is 5.69 Å². The highest BCUT2D eigenvalue weighted by Gasteiger charge is 2.12. The number of rotatable bonds is 7. The van der Waals surface area contributed by atoms with Crippen molar-refractivity contribution < 1.29 is 14.3 Å². The van der Waals surface area contributed by atoms with E-state index in [1.54, 1.807) is 38.1 Å². The Hall–Kier alpha value is -3.15. The maximum atomic E-state index is 12.3. The van der Waals surface area contributed by atoms with Crippen LogP contribution in [0, 0.1) is 0 Å². The summed E-state index contributed by atoms with van der Waals surface area (Å²) in [6.07, 6.45) is 0.340. The van der Waals surface area contributed by atoms with Gasteiger partial charge in [-0.1, -0.05) is 30.3 Å². The van der Waals surface area contributed by atoms with Gasteiger partial charge in [0, 0.05) is 18.4 Å². The molecule has 1 N–H and O–H groups in total. The zero-order valence-corrected chi connectivity index (χ0v) is 15.2. The maximum absolute atomic E-state index is 12.3. The molecule has 6 nitrogen and oxygen atoms in total. The van der Waals surface area contributed by atoms with Crippen molar-refractivity contribution >= 4 is 23.2 Å². The Morgan fingerprint density at radius 3 is 2.35 bits per heavy atom. The van der Waals surface area contributed by atoms with Crippen LogP contribution in [0.1, 0.15) is 18.9 Å². The molecule has 0 aliphatic rings. The van der Waals surface area contributed by atoms with Crippen LogP contribution in [0.2, 0.25) is 0 Å². The van der Waals surface area contributed by atoms with Gasteiger partial charge in [-0.15, -0.1) is 0 Å². The number of nitrogens with zero attached hydrogens (tertiary/aromatic N) is 2. The van der Waals surface area contributed by atoms with Gasteiger partial charge in [0.2, 0.25) is 11.8 Å². The molecule has 2 amide bonds. The van der Waals surface area contributed by atoms with Crippen LogP contribution in [0.3, 0.4) is 0 Å². The Morgan fingerprint density at radius 1 is 1.08 bits per heavy atom. The number of nitrogens with one attached hydrogen (secondary N) is 1. The van der Waals surface area contributed by atoms with Crippen molar-refractivity contribution in [2.75, 3.05) is 19.1 Å². The lowest BCUT2D eigenvalue weighted by atomic mass is 10.1. The van der Waals surface area contributed by atoms with Gasteiger partial charge >= 0.3 is 0 Å². The average Bonchev–Trinajstić information content (AvgIpc) is 2.67. The summed E-state index contributed by atoms with van der Waals surface area (Å²) >= 11 is 0. The van der Waals surface area contributed by atoms with Crippen molar-refractivity contribution in [2.24, 2.45) is 5.10 Å². The second-order valence-corrected chi connectivity index (χ2v) is 5.87. The zero-order chi connectivity index (χ0) is 18.9. The first-order valence-electron chi connectivity index (χ1n) is 8.26. The first-order valence-corrected chi connectivity index (χ1v) is 8.26. The number of para-hydroxylation sites is 1. The molecule has 0 heterocycles. The van der Waals surface area contributed by atoms with Gasteiger partial charge in [-0.25, -0.2) is 5.43 Å². The smallest absolute Gasteiger partial charge is 0.244 e. The van der Waals surface area contributed by atoms with Crippen LogP contribution < -0.4 is 15.1 Å². The minimum absolute atomic E-state index is 0.0955. The number of anilines is 1. The first kappa shape index (κ1) is 19.2. The number of carbonyl (C=O) groups excluding carboxylic acids is 2. The van der Waals surface area contributed by atoms with Crippen molar-refractivity contribution in [1.82, 2.24) is 5.43 Å². The van der Waals surface area contributed by atoms with Crippen LogP contribution in [0.5, 0.6) is 5.75 Å². The molecule has 2 rings (SSSR count). The van der Waals surface area contributed by atoms with Crippen LogP contribution in [0.15, 0.2) is 59.7 Å². The van der Waals surface area contributed by atoms with Crippen molar-refractivity contribution in [3.8, 4) is 5.75 Å². The summed E-state index contributed by atoms with van der Waals surface area (Å²) in [5.41, 5.74) is 4.70. The third kappa shape index (κ3) is 5.73. The summed E-state index contributed by atoms with van der Waals surface area (Å²) in [5, 5.41) is 4.01. The Balaban J connectivity index is 1.84. The molecule has 0 atom stereocenters. The third-order valence-corrected chi connectivity index (χ3v) is 3.82. The number of amides is 2. The topological polar surface area (TPSA) is 71.0 Å². The molecule has 0 bridgehead atoms. The number of ether oxygens (including phenoxy) is 1. The molecule has 6 heteroatoms. The predicted octanol–water partition coefficient (Wildman–Crippen LogP) is 2.78. The van der Waals surface area contributed by atoms with E-state index in [2.05, 4.69) is 10.5 Å². The lowest BCUT2D eigenvalue weighted by molar-refractivity contribution is -0.120. The van der Waals surface area contributed by atoms with Gasteiger partial charge in [0.05, 0.1) is 20.0 Å². The number of methoxy groups -OCH3 is 1. The molecule has 26 heavy (non-hydrogen) atoms. The molecule has 0 aliphatic carbocycles. The maximum Gasteiger partial charge on any atom is 0.244 e. The summed E-state index contributed by atoms with van der Waals surface area (Å²) in [5.74, 6) is 0.407. The van der Waals surface area contributed by atoms with Crippen molar-refractivity contribution in [1.29, 1.82) is 0 Å². The summed E-state index contributed by atoms with van der Waals surface area (Å²) in [7, 11) is 3.31. The highest BCUT2D eigenvalue weighted by atomic mass is 16.5. The average molecular weight is 353 g/mol. The van der Waals surface area contributed by atoms with E-state index in [1.165, 1.54) is 0 Å². The Kier molecular flexibility index (Phi) is 6.91. The van der Waals surface area contributed by atoms with Gasteiger partial charge in [0.1, 0.15) is 5.75 Å². The fourth-order valence-electron chi connectivity index (χ4n) is 2.30. The van der Waals surface area contributed by atoms with E-state index in [0.717, 1.165) is 17.0 Å². The van der Waals surface area contributed by atoms with Crippen molar-refractivity contribution in [3.05, 3.63) is 60.2 Å². The molecule has 0 unspecified atom stereocenters. The monoisotopic (exact) mass is 353 g/mol. The lowest BCUT2D eigenvalue weighted by Crippen LogP contribution is -2.28. The van der Waals surface area contributed by atoms with Crippen LogP contribution in [-0.4, -0.2) is 31.7 Å². The van der Waals surface area contributed by atoms with Gasteiger partial charge in [0.25, 0.3) is 0 Å². The van der Waals surface area contributed by atoms with Crippen molar-refractivity contribution in [3.63, 3.8) is 0 Å². The lowest BCUT2D eigenvalue weighted by Gasteiger charge is -2.17. The van der Waals surface area contributed by atoms with Gasteiger partial charge < -0.3 is 9.64 Å². The fourth-order valence-corrected chi connectivity index (χ4v) is 2.30. The van der Waals surface area contributed by atoms with Gasteiger partial charge in [-0.05, 0) is 36.8 Å². The molecule has 0 aromatic heterocycles. The molecule has 2 aromatic rings. The van der Waals surface area contributed by atoms with Crippen LogP contribution >= 0.6 is 0 Å². The molecule has 136 valence electrons. The number of benzene rings is 2. The molecule has 0 aliphatic heterocycles. The fraction of sp³-hybridized carbons (Fsp3) is 0.250. The third-order valence-electron chi connectivity index (χ3n) is 3.82. The largest absolute Gasteiger partial charge is 0.497 e. The number of carbonyl (C=O) groups is 2. The molecule has 0 radical (unpaired) electrons. The second kappa shape index (κ2) is 9.36.